The molecule has 2 aliphatic rings. The van der Waals surface area contributed by atoms with Crippen LogP contribution in [0.25, 0.3) is 0 Å². The number of hydrogen-bond donors (Lipinski definition) is 1. The van der Waals surface area contributed by atoms with Crippen LogP contribution in [0.1, 0.15) is 5.56 Å². The molecule has 0 bridgehead atoms. The predicted octanol–water partition coefficient (Wildman–Crippen LogP) is 1.20. The van der Waals surface area contributed by atoms with E-state index in [0.29, 0.717) is 19.1 Å². The molecule has 0 radical (unpaired) electrons. The molecule has 126 valence electrons. The zero-order valence-corrected chi connectivity index (χ0v) is 13.9. The van der Waals surface area contributed by atoms with Crippen molar-refractivity contribution < 1.29 is 14.3 Å². The first kappa shape index (κ1) is 15.9. The third-order valence-corrected chi connectivity index (χ3v) is 4.58. The molecule has 0 spiro atoms. The Morgan fingerprint density at radius 2 is 2.13 bits per heavy atom. The van der Waals surface area contributed by atoms with E-state index in [1.54, 1.807) is 7.11 Å². The summed E-state index contributed by atoms with van der Waals surface area (Å²) in [5, 5.41) is 3.05. The number of nitrogens with one attached hydrogen (secondary N) is 1. The molecule has 6 nitrogen and oxygen atoms in total. The van der Waals surface area contributed by atoms with Gasteiger partial charge in [0.25, 0.3) is 0 Å². The molecule has 0 aromatic heterocycles. The number of amides is 2. The average Bonchev–Trinajstić information content (AvgIpc) is 2.59. The smallest absolute Gasteiger partial charge is 0.317 e. The molecular formula is C17H25N3O3. The topological polar surface area (TPSA) is 54.0 Å². The highest BCUT2D eigenvalue weighted by molar-refractivity contribution is 5.74. The summed E-state index contributed by atoms with van der Waals surface area (Å²) in [5.41, 5.74) is 1.15. The summed E-state index contributed by atoms with van der Waals surface area (Å²) in [6.45, 7) is 4.71. The highest BCUT2D eigenvalue weighted by Crippen LogP contribution is 2.35. The van der Waals surface area contributed by atoms with Crippen LogP contribution in [0.4, 0.5) is 4.79 Å². The van der Waals surface area contributed by atoms with E-state index in [2.05, 4.69) is 23.3 Å². The van der Waals surface area contributed by atoms with Gasteiger partial charge in [-0.25, -0.2) is 4.79 Å². The lowest BCUT2D eigenvalue weighted by atomic mass is 9.96. The van der Waals surface area contributed by atoms with Gasteiger partial charge >= 0.3 is 6.03 Å². The summed E-state index contributed by atoms with van der Waals surface area (Å²) < 4.78 is 11.2. The number of carbonyl (C=O) groups is 1. The lowest BCUT2D eigenvalue weighted by Gasteiger charge is -2.33. The van der Waals surface area contributed by atoms with E-state index in [-0.39, 0.29) is 6.03 Å². The molecule has 0 saturated carbocycles. The van der Waals surface area contributed by atoms with Crippen molar-refractivity contribution >= 4 is 6.03 Å². The van der Waals surface area contributed by atoms with Crippen molar-refractivity contribution in [2.24, 2.45) is 5.92 Å². The van der Waals surface area contributed by atoms with Gasteiger partial charge in [-0.3, -0.25) is 0 Å². The van der Waals surface area contributed by atoms with Crippen LogP contribution in [0, 0.1) is 5.92 Å². The first-order valence-electron chi connectivity index (χ1n) is 8.17. The van der Waals surface area contributed by atoms with E-state index in [1.165, 1.54) is 0 Å². The van der Waals surface area contributed by atoms with Crippen LogP contribution in [0.3, 0.4) is 0 Å². The normalized spacial score (nSPS) is 21.3. The summed E-state index contributed by atoms with van der Waals surface area (Å²) in [4.78, 5) is 16.4. The Labute approximate surface area is 137 Å². The fraction of sp³-hybridized carbons (Fsp3) is 0.588. The van der Waals surface area contributed by atoms with Gasteiger partial charge in [0.2, 0.25) is 0 Å². The van der Waals surface area contributed by atoms with Gasteiger partial charge in [-0.15, -0.1) is 0 Å². The molecule has 3 rings (SSSR count). The van der Waals surface area contributed by atoms with Crippen LogP contribution in [-0.2, 0) is 6.42 Å². The second-order valence-electron chi connectivity index (χ2n) is 6.31. The monoisotopic (exact) mass is 319 g/mol. The number of hydrogen-bond acceptors (Lipinski definition) is 4. The SMILES string of the molecule is COc1cccc2c1OC[C@@H](CNC(=O)N1CCN(C)CC1)C2. The van der Waals surface area contributed by atoms with Gasteiger partial charge in [-0.05, 0) is 25.1 Å². The molecule has 1 aromatic carbocycles. The molecule has 1 saturated heterocycles. The van der Waals surface area contributed by atoms with Crippen LogP contribution in [0.2, 0.25) is 0 Å². The standard InChI is InChI=1S/C17H25N3O3/c1-19-6-8-20(9-7-19)17(21)18-11-13-10-14-4-3-5-15(22-2)16(14)23-12-13/h3-5,13H,6-12H2,1-2H3,(H,18,21)/t13-/m1/s1. The summed E-state index contributed by atoms with van der Waals surface area (Å²) in [7, 11) is 3.74. The molecule has 1 fully saturated rings. The quantitative estimate of drug-likeness (QED) is 0.910. The number of carbonyl (C=O) groups excluding carboxylic acids is 1. The van der Waals surface area contributed by atoms with Crippen molar-refractivity contribution in [2.45, 2.75) is 6.42 Å². The Hall–Kier alpha value is -1.95. The minimum atomic E-state index is 0.0366. The zero-order valence-electron chi connectivity index (χ0n) is 13.9. The van der Waals surface area contributed by atoms with Gasteiger partial charge in [0.05, 0.1) is 13.7 Å². The highest BCUT2D eigenvalue weighted by atomic mass is 16.5. The van der Waals surface area contributed by atoms with Gasteiger partial charge in [0.15, 0.2) is 11.5 Å². The number of benzene rings is 1. The molecule has 2 aliphatic heterocycles. The Balaban J connectivity index is 1.51. The van der Waals surface area contributed by atoms with Crippen LogP contribution in [0.5, 0.6) is 11.5 Å². The van der Waals surface area contributed by atoms with Crippen LogP contribution in [0.15, 0.2) is 18.2 Å². The molecule has 2 amide bonds. The molecule has 2 heterocycles. The largest absolute Gasteiger partial charge is 0.493 e. The summed E-state index contributed by atoms with van der Waals surface area (Å²) in [6, 6.07) is 5.99. The van der Waals surface area contributed by atoms with Crippen molar-refractivity contribution in [1.29, 1.82) is 0 Å². The zero-order chi connectivity index (χ0) is 16.2. The second kappa shape index (κ2) is 7.08. The van der Waals surface area contributed by atoms with Gasteiger partial charge in [0, 0.05) is 38.6 Å². The van der Waals surface area contributed by atoms with Gasteiger partial charge in [0.1, 0.15) is 0 Å². The van der Waals surface area contributed by atoms with E-state index >= 15 is 0 Å². The Kier molecular flexibility index (Phi) is 4.91. The van der Waals surface area contributed by atoms with Gasteiger partial charge in [-0.2, -0.15) is 0 Å². The molecule has 23 heavy (non-hydrogen) atoms. The number of fused-ring (bicyclic) bond motifs is 1. The Bertz CT molecular complexity index is 556. The molecule has 1 aromatic rings. The van der Waals surface area contributed by atoms with Crippen molar-refractivity contribution in [1.82, 2.24) is 15.1 Å². The maximum Gasteiger partial charge on any atom is 0.317 e. The fourth-order valence-electron chi connectivity index (χ4n) is 3.10. The number of nitrogens with zero attached hydrogens (tertiary/aromatic N) is 2. The average molecular weight is 319 g/mol. The number of piperazine rings is 1. The minimum Gasteiger partial charge on any atom is -0.493 e. The summed E-state index contributed by atoms with van der Waals surface area (Å²) in [6.07, 6.45) is 0.898. The number of urea groups is 1. The first-order chi connectivity index (χ1) is 11.2. The van der Waals surface area contributed by atoms with Gasteiger partial charge in [-0.1, -0.05) is 12.1 Å². The highest BCUT2D eigenvalue weighted by Gasteiger charge is 2.24. The molecule has 1 N–H and O–H groups in total. The van der Waals surface area contributed by atoms with E-state index in [0.717, 1.165) is 49.7 Å². The molecule has 1 atom stereocenters. The van der Waals surface area contributed by atoms with Gasteiger partial charge < -0.3 is 24.6 Å². The molecule has 0 aliphatic carbocycles. The van der Waals surface area contributed by atoms with Crippen molar-refractivity contribution in [2.75, 3.05) is 53.5 Å². The number of ether oxygens (including phenoxy) is 2. The maximum atomic E-state index is 12.2. The predicted molar refractivity (Wildman–Crippen MR) is 88.2 cm³/mol. The maximum absolute atomic E-state index is 12.2. The van der Waals surface area contributed by atoms with Crippen LogP contribution >= 0.6 is 0 Å². The van der Waals surface area contributed by atoms with Crippen molar-refractivity contribution in [3.05, 3.63) is 23.8 Å². The number of para-hydroxylation sites is 1. The molecule has 6 heteroatoms. The summed E-state index contributed by atoms with van der Waals surface area (Å²) in [5.74, 6) is 1.92. The number of rotatable bonds is 3. The summed E-state index contributed by atoms with van der Waals surface area (Å²) >= 11 is 0. The Morgan fingerprint density at radius 3 is 2.87 bits per heavy atom. The molecule has 0 unspecified atom stereocenters. The van der Waals surface area contributed by atoms with E-state index in [9.17, 15) is 4.79 Å². The molecular weight excluding hydrogens is 294 g/mol. The third-order valence-electron chi connectivity index (χ3n) is 4.58. The minimum absolute atomic E-state index is 0.0366. The van der Waals surface area contributed by atoms with Crippen LogP contribution in [-0.4, -0.2) is 69.3 Å². The number of methoxy groups -OCH3 is 1. The number of likely N-dealkylation sites (N-methyl/N-ethyl adjacent to an activating group) is 1. The fourth-order valence-corrected chi connectivity index (χ4v) is 3.10. The van der Waals surface area contributed by atoms with E-state index in [4.69, 9.17) is 9.47 Å². The Morgan fingerprint density at radius 1 is 1.35 bits per heavy atom. The third kappa shape index (κ3) is 3.69. The van der Waals surface area contributed by atoms with Crippen molar-refractivity contribution in [3.8, 4) is 11.5 Å². The van der Waals surface area contributed by atoms with E-state index < -0.39 is 0 Å². The van der Waals surface area contributed by atoms with Crippen molar-refractivity contribution in [3.63, 3.8) is 0 Å². The second-order valence-corrected chi connectivity index (χ2v) is 6.31. The first-order valence-corrected chi connectivity index (χ1v) is 8.17. The lowest BCUT2D eigenvalue weighted by molar-refractivity contribution is 0.150. The van der Waals surface area contributed by atoms with E-state index in [1.807, 2.05) is 17.0 Å². The lowest BCUT2D eigenvalue weighted by Crippen LogP contribution is -2.51. The van der Waals surface area contributed by atoms with Crippen LogP contribution < -0.4 is 14.8 Å².